The molecule has 0 aromatic rings. The molecule has 0 radical (unpaired) electrons. The van der Waals surface area contributed by atoms with Crippen LogP contribution in [0.15, 0.2) is 0 Å². The molecule has 0 saturated carbocycles. The largest absolute Gasteiger partial charge is 2.00 e. The number of rotatable bonds is 5. The summed E-state index contributed by atoms with van der Waals surface area (Å²) < 4.78 is 0. The molecule has 0 saturated heterocycles. The van der Waals surface area contributed by atoms with E-state index in [1.807, 2.05) is 0 Å². The number of amides is 2. The van der Waals surface area contributed by atoms with Crippen molar-refractivity contribution in [2.45, 2.75) is 0 Å². The Hall–Kier alpha value is -0.908. The second kappa shape index (κ2) is 7.49. The number of urea groups is 1. The Morgan fingerprint density at radius 3 is 1.71 bits per heavy atom. The van der Waals surface area contributed by atoms with Crippen LogP contribution in [0.2, 0.25) is 0 Å². The van der Waals surface area contributed by atoms with Crippen molar-refractivity contribution < 1.29 is 51.9 Å². The van der Waals surface area contributed by atoms with Crippen LogP contribution in [0.4, 0.5) is 4.79 Å². The van der Waals surface area contributed by atoms with Gasteiger partial charge in [0.1, 0.15) is 0 Å². The number of nitrogens with zero attached hydrogens (tertiary/aromatic N) is 1. The zero-order chi connectivity index (χ0) is 10.4. The summed E-state index contributed by atoms with van der Waals surface area (Å²) in [6, 6.07) is -1.07. The maximum absolute atomic E-state index is 10.2. The molecular formula is C5H7CdN3O5. The minimum atomic E-state index is -1.55. The first-order valence-electron chi connectivity index (χ1n) is 3.12. The van der Waals surface area contributed by atoms with Gasteiger partial charge in [0.15, 0.2) is 0 Å². The number of carboxylic acid groups (broad SMARTS) is 2. The fraction of sp³-hybridized carbons (Fsp3) is 0.400. The van der Waals surface area contributed by atoms with E-state index in [0.717, 1.165) is 0 Å². The molecule has 0 bridgehead atoms. The van der Waals surface area contributed by atoms with Gasteiger partial charge in [-0.15, -0.1) is 0 Å². The Morgan fingerprint density at radius 2 is 1.50 bits per heavy atom. The second-order valence-corrected chi connectivity index (χ2v) is 2.08. The van der Waals surface area contributed by atoms with Crippen molar-refractivity contribution in [2.75, 3.05) is 13.1 Å². The van der Waals surface area contributed by atoms with Crippen molar-refractivity contribution in [1.29, 1.82) is 0 Å². The Bertz CT molecular complexity index is 195. The maximum Gasteiger partial charge on any atom is 2.00 e. The van der Waals surface area contributed by atoms with Gasteiger partial charge in [-0.05, 0) is 0 Å². The Labute approximate surface area is 99.2 Å². The van der Waals surface area contributed by atoms with Crippen LogP contribution in [0.5, 0.6) is 0 Å². The van der Waals surface area contributed by atoms with Gasteiger partial charge in [-0.1, -0.05) is 0 Å². The summed E-state index contributed by atoms with van der Waals surface area (Å²) in [6.45, 7) is -1.56. The predicted molar refractivity (Wildman–Crippen MR) is 34.3 cm³/mol. The predicted octanol–water partition coefficient (Wildman–Crippen LogP) is -4.63. The van der Waals surface area contributed by atoms with Crippen LogP contribution in [-0.2, 0) is 36.9 Å². The fourth-order valence-electron chi connectivity index (χ4n) is 0.602. The molecule has 14 heavy (non-hydrogen) atoms. The number of hydrogen-bond acceptors (Lipinski definition) is 6. The summed E-state index contributed by atoms with van der Waals surface area (Å²) in [7, 11) is 0. The quantitative estimate of drug-likeness (QED) is 0.387. The average molecular weight is 302 g/mol. The van der Waals surface area contributed by atoms with E-state index in [1.54, 1.807) is 5.43 Å². The Morgan fingerprint density at radius 1 is 1.14 bits per heavy atom. The Kier molecular flexibility index (Phi) is 8.33. The first kappa shape index (κ1) is 15.6. The van der Waals surface area contributed by atoms with E-state index < -0.39 is 31.1 Å². The van der Waals surface area contributed by atoms with E-state index in [-0.39, 0.29) is 27.3 Å². The van der Waals surface area contributed by atoms with Crippen molar-refractivity contribution in [3.63, 3.8) is 0 Å². The summed E-state index contributed by atoms with van der Waals surface area (Å²) in [5, 5.41) is 20.6. The van der Waals surface area contributed by atoms with Gasteiger partial charge in [-0.3, -0.25) is 5.43 Å². The molecule has 3 N–H and O–H groups in total. The molecular weight excluding hydrogens is 294 g/mol. The number of carbonyl (C=O) groups is 3. The number of hydrazine groups is 1. The number of hydrogen-bond donors (Lipinski definition) is 2. The SMILES string of the molecule is NC(=O)NN(CC(=O)[O-])CC(=O)[O-].[Cd+2]. The molecule has 0 aromatic carbocycles. The number of aliphatic carboxylic acids is 2. The molecule has 0 aliphatic carbocycles. The molecule has 0 heterocycles. The van der Waals surface area contributed by atoms with Crippen LogP contribution >= 0.6 is 0 Å². The van der Waals surface area contributed by atoms with Crippen LogP contribution in [0.1, 0.15) is 0 Å². The van der Waals surface area contributed by atoms with Crippen molar-refractivity contribution >= 4 is 18.0 Å². The van der Waals surface area contributed by atoms with Crippen molar-refractivity contribution in [1.82, 2.24) is 10.4 Å². The number of carbonyl (C=O) groups excluding carboxylic acids is 3. The molecule has 0 rings (SSSR count). The average Bonchev–Trinajstić information content (AvgIpc) is 1.80. The molecule has 74 valence electrons. The van der Waals surface area contributed by atoms with E-state index in [1.165, 1.54) is 0 Å². The van der Waals surface area contributed by atoms with Crippen LogP contribution in [0.25, 0.3) is 0 Å². The molecule has 0 aromatic heterocycles. The molecule has 9 heteroatoms. The van der Waals surface area contributed by atoms with Gasteiger partial charge in [0.25, 0.3) is 0 Å². The Balaban J connectivity index is 0. The number of nitrogens with one attached hydrogen (secondary N) is 1. The van der Waals surface area contributed by atoms with Crippen molar-refractivity contribution in [2.24, 2.45) is 5.73 Å². The van der Waals surface area contributed by atoms with Gasteiger partial charge in [-0.2, -0.15) is 0 Å². The van der Waals surface area contributed by atoms with Crippen LogP contribution in [-0.4, -0.2) is 36.1 Å². The first-order valence-corrected chi connectivity index (χ1v) is 3.12. The summed E-state index contributed by atoms with van der Waals surface area (Å²) >= 11 is 0. The normalized spacial score (nSPS) is 8.93. The molecule has 8 nitrogen and oxygen atoms in total. The van der Waals surface area contributed by atoms with E-state index in [0.29, 0.717) is 5.01 Å². The van der Waals surface area contributed by atoms with E-state index in [9.17, 15) is 24.6 Å². The first-order chi connectivity index (χ1) is 5.91. The standard InChI is InChI=1S/C5H9N3O5.Cd/c6-5(13)7-8(1-3(9)10)2-4(11)12;/h1-2H2,(H,9,10)(H,11,12)(H3,6,7,13);/q;+2/p-2. The summed E-state index contributed by atoms with van der Waals surface area (Å²) in [4.78, 5) is 30.2. The molecule has 0 atom stereocenters. The van der Waals surface area contributed by atoms with Gasteiger partial charge in [0.05, 0.1) is 25.0 Å². The smallest absolute Gasteiger partial charge is 0.549 e. The van der Waals surface area contributed by atoms with E-state index in [4.69, 9.17) is 0 Å². The molecule has 0 spiro atoms. The van der Waals surface area contributed by atoms with Crippen LogP contribution in [0.3, 0.4) is 0 Å². The van der Waals surface area contributed by atoms with Gasteiger partial charge in [-0.25, -0.2) is 9.80 Å². The summed E-state index contributed by atoms with van der Waals surface area (Å²) in [6.07, 6.45) is 0. The molecule has 0 unspecified atom stereocenters. The van der Waals surface area contributed by atoms with E-state index in [2.05, 4.69) is 5.73 Å². The maximum atomic E-state index is 10.2. The summed E-state index contributed by atoms with van der Waals surface area (Å²) in [5.74, 6) is -3.09. The fourth-order valence-corrected chi connectivity index (χ4v) is 0.602. The van der Waals surface area contributed by atoms with E-state index >= 15 is 0 Å². The second-order valence-electron chi connectivity index (χ2n) is 2.08. The topological polar surface area (TPSA) is 139 Å². The zero-order valence-corrected chi connectivity index (χ0v) is 11.2. The van der Waals surface area contributed by atoms with Gasteiger partial charge in [0, 0.05) is 0 Å². The molecule has 0 aliphatic rings. The number of carboxylic acids is 2. The number of nitrogens with two attached hydrogens (primary N) is 1. The third-order valence-corrected chi connectivity index (χ3v) is 0.908. The zero-order valence-electron chi connectivity index (χ0n) is 7.19. The van der Waals surface area contributed by atoms with Crippen molar-refractivity contribution in [3.8, 4) is 0 Å². The molecule has 0 fully saturated rings. The monoisotopic (exact) mass is 303 g/mol. The van der Waals surface area contributed by atoms with Gasteiger partial charge >= 0.3 is 33.3 Å². The number of primary amides is 1. The third-order valence-electron chi connectivity index (χ3n) is 0.908. The van der Waals surface area contributed by atoms with Gasteiger partial charge in [0.2, 0.25) is 0 Å². The summed E-state index contributed by atoms with van der Waals surface area (Å²) in [5.41, 5.74) is 6.40. The minimum absolute atomic E-state index is 0. The molecule has 2 amide bonds. The van der Waals surface area contributed by atoms with Crippen molar-refractivity contribution in [3.05, 3.63) is 0 Å². The van der Waals surface area contributed by atoms with Gasteiger partial charge < -0.3 is 25.5 Å². The third kappa shape index (κ3) is 9.18. The van der Waals surface area contributed by atoms with Crippen LogP contribution < -0.4 is 21.4 Å². The minimum Gasteiger partial charge on any atom is -0.549 e. The molecule has 0 aliphatic heterocycles. The van der Waals surface area contributed by atoms with Crippen LogP contribution in [0, 0.1) is 0 Å².